The van der Waals surface area contributed by atoms with E-state index in [-0.39, 0.29) is 24.1 Å². The van der Waals surface area contributed by atoms with Crippen molar-refractivity contribution in [2.75, 3.05) is 6.61 Å². The van der Waals surface area contributed by atoms with Crippen molar-refractivity contribution in [2.24, 2.45) is 0 Å². The summed E-state index contributed by atoms with van der Waals surface area (Å²) < 4.78 is 5.60. The first-order valence-corrected chi connectivity index (χ1v) is 9.15. The minimum Gasteiger partial charge on any atom is -0.493 e. The Kier molecular flexibility index (Phi) is 5.60. The molecule has 5 heteroatoms. The van der Waals surface area contributed by atoms with Crippen LogP contribution in [0.15, 0.2) is 59.4 Å². The summed E-state index contributed by atoms with van der Waals surface area (Å²) >= 11 is 0. The predicted molar refractivity (Wildman–Crippen MR) is 107 cm³/mol. The molecule has 0 radical (unpaired) electrons. The summed E-state index contributed by atoms with van der Waals surface area (Å²) in [6.07, 6.45) is 0. The Morgan fingerprint density at radius 1 is 1.11 bits per heavy atom. The van der Waals surface area contributed by atoms with Gasteiger partial charge >= 0.3 is 0 Å². The summed E-state index contributed by atoms with van der Waals surface area (Å²) in [5, 5.41) is 0.943. The second-order valence-corrected chi connectivity index (χ2v) is 6.67. The largest absolute Gasteiger partial charge is 0.493 e. The second-order valence-electron chi connectivity index (χ2n) is 6.67. The van der Waals surface area contributed by atoms with Gasteiger partial charge in [0.2, 0.25) is 0 Å². The number of hydrogen-bond donors (Lipinski definition) is 1. The SMILES string of the molecule is CCOc1ccccc1C(=O)N(Cc1cc2ccccc2[nH]c1=O)C(C)C. The molecular weight excluding hydrogens is 340 g/mol. The number of para-hydroxylation sites is 2. The average Bonchev–Trinajstić information content (AvgIpc) is 2.66. The zero-order chi connectivity index (χ0) is 19.4. The van der Waals surface area contributed by atoms with E-state index in [0.717, 1.165) is 10.9 Å². The van der Waals surface area contributed by atoms with E-state index >= 15 is 0 Å². The molecule has 0 saturated carbocycles. The molecule has 3 aromatic rings. The fourth-order valence-electron chi connectivity index (χ4n) is 3.06. The summed E-state index contributed by atoms with van der Waals surface area (Å²) in [6, 6.07) is 16.6. The van der Waals surface area contributed by atoms with Crippen molar-refractivity contribution in [3.05, 3.63) is 76.1 Å². The summed E-state index contributed by atoms with van der Waals surface area (Å²) in [4.78, 5) is 30.3. The Bertz CT molecular complexity index is 1010. The molecular formula is C22H24N2O3. The number of aromatic amines is 1. The van der Waals surface area contributed by atoms with Crippen LogP contribution in [-0.4, -0.2) is 28.4 Å². The molecule has 0 unspecified atom stereocenters. The molecule has 0 spiro atoms. The third-order valence-corrected chi connectivity index (χ3v) is 4.47. The van der Waals surface area contributed by atoms with E-state index in [0.29, 0.717) is 23.5 Å². The van der Waals surface area contributed by atoms with Crippen LogP contribution in [0.5, 0.6) is 5.75 Å². The van der Waals surface area contributed by atoms with Gasteiger partial charge in [-0.15, -0.1) is 0 Å². The van der Waals surface area contributed by atoms with Crippen LogP contribution in [0.4, 0.5) is 0 Å². The number of H-pyrrole nitrogens is 1. The van der Waals surface area contributed by atoms with Gasteiger partial charge in [0.1, 0.15) is 5.75 Å². The highest BCUT2D eigenvalue weighted by Crippen LogP contribution is 2.22. The van der Waals surface area contributed by atoms with Crippen molar-refractivity contribution in [3.8, 4) is 5.75 Å². The lowest BCUT2D eigenvalue weighted by Crippen LogP contribution is -2.38. The number of carbonyl (C=O) groups excluding carboxylic acids is 1. The van der Waals surface area contributed by atoms with Crippen LogP contribution < -0.4 is 10.3 Å². The van der Waals surface area contributed by atoms with E-state index in [1.54, 1.807) is 17.0 Å². The number of rotatable bonds is 6. The quantitative estimate of drug-likeness (QED) is 0.720. The highest BCUT2D eigenvalue weighted by atomic mass is 16.5. The summed E-state index contributed by atoms with van der Waals surface area (Å²) in [7, 11) is 0. The van der Waals surface area contributed by atoms with E-state index < -0.39 is 0 Å². The maximum absolute atomic E-state index is 13.2. The molecule has 27 heavy (non-hydrogen) atoms. The maximum Gasteiger partial charge on any atom is 0.258 e. The number of carbonyl (C=O) groups is 1. The number of nitrogens with one attached hydrogen (secondary N) is 1. The fraction of sp³-hybridized carbons (Fsp3) is 0.273. The van der Waals surface area contributed by atoms with E-state index in [2.05, 4.69) is 4.98 Å². The van der Waals surface area contributed by atoms with Gasteiger partial charge in [0, 0.05) is 17.1 Å². The highest BCUT2D eigenvalue weighted by Gasteiger charge is 2.23. The molecule has 5 nitrogen and oxygen atoms in total. The van der Waals surface area contributed by atoms with Crippen molar-refractivity contribution >= 4 is 16.8 Å². The zero-order valence-corrected chi connectivity index (χ0v) is 15.9. The summed E-state index contributed by atoms with van der Waals surface area (Å²) in [5.74, 6) is 0.407. The Morgan fingerprint density at radius 3 is 2.56 bits per heavy atom. The molecule has 2 aromatic carbocycles. The van der Waals surface area contributed by atoms with Crippen LogP contribution in [0.25, 0.3) is 10.9 Å². The molecule has 0 fully saturated rings. The van der Waals surface area contributed by atoms with Crippen LogP contribution in [0.3, 0.4) is 0 Å². The third kappa shape index (κ3) is 4.03. The van der Waals surface area contributed by atoms with Gasteiger partial charge in [-0.2, -0.15) is 0 Å². The number of ether oxygens (including phenoxy) is 1. The standard InChI is InChI=1S/C22H24N2O3/c1-4-27-20-12-8-6-10-18(20)22(26)24(15(2)3)14-17-13-16-9-5-7-11-19(16)23-21(17)25/h5-13,15H,4,14H2,1-3H3,(H,23,25). The highest BCUT2D eigenvalue weighted by molar-refractivity contribution is 5.97. The normalized spacial score (nSPS) is 11.0. The molecule has 0 saturated heterocycles. The molecule has 0 aliphatic heterocycles. The fourth-order valence-corrected chi connectivity index (χ4v) is 3.06. The molecule has 3 rings (SSSR count). The van der Waals surface area contributed by atoms with Crippen LogP contribution >= 0.6 is 0 Å². The Balaban J connectivity index is 1.96. The van der Waals surface area contributed by atoms with Gasteiger partial charge in [-0.1, -0.05) is 30.3 Å². The first-order valence-electron chi connectivity index (χ1n) is 9.15. The predicted octanol–water partition coefficient (Wildman–Crippen LogP) is 3.98. The van der Waals surface area contributed by atoms with Crippen LogP contribution in [0, 0.1) is 0 Å². The van der Waals surface area contributed by atoms with Crippen molar-refractivity contribution < 1.29 is 9.53 Å². The number of amides is 1. The van der Waals surface area contributed by atoms with Crippen LogP contribution in [0.2, 0.25) is 0 Å². The first kappa shape index (κ1) is 18.7. The van der Waals surface area contributed by atoms with Gasteiger partial charge in [0.25, 0.3) is 11.5 Å². The van der Waals surface area contributed by atoms with Crippen LogP contribution in [0.1, 0.15) is 36.7 Å². The molecule has 1 heterocycles. The summed E-state index contributed by atoms with van der Waals surface area (Å²) in [6.45, 7) is 6.48. The minimum atomic E-state index is -0.176. The van der Waals surface area contributed by atoms with Gasteiger partial charge in [-0.3, -0.25) is 9.59 Å². The average molecular weight is 364 g/mol. The Hall–Kier alpha value is -3.08. The van der Waals surface area contributed by atoms with Gasteiger partial charge in [-0.05, 0) is 50.4 Å². The van der Waals surface area contributed by atoms with Crippen molar-refractivity contribution in [1.29, 1.82) is 0 Å². The lowest BCUT2D eigenvalue weighted by molar-refractivity contribution is 0.0685. The van der Waals surface area contributed by atoms with Gasteiger partial charge in [0.05, 0.1) is 18.7 Å². The Morgan fingerprint density at radius 2 is 1.81 bits per heavy atom. The molecule has 0 bridgehead atoms. The van der Waals surface area contributed by atoms with Gasteiger partial charge in [0.15, 0.2) is 0 Å². The number of pyridine rings is 1. The topological polar surface area (TPSA) is 62.4 Å². The van der Waals surface area contributed by atoms with Gasteiger partial charge < -0.3 is 14.6 Å². The Labute approximate surface area is 158 Å². The van der Waals surface area contributed by atoms with Crippen molar-refractivity contribution in [1.82, 2.24) is 9.88 Å². The van der Waals surface area contributed by atoms with Crippen molar-refractivity contribution in [2.45, 2.75) is 33.4 Å². The number of fused-ring (bicyclic) bond motifs is 1. The number of aromatic nitrogens is 1. The zero-order valence-electron chi connectivity index (χ0n) is 15.9. The lowest BCUT2D eigenvalue weighted by Gasteiger charge is -2.27. The first-order chi connectivity index (χ1) is 13.0. The lowest BCUT2D eigenvalue weighted by atomic mass is 10.1. The summed E-state index contributed by atoms with van der Waals surface area (Å²) in [5.41, 5.74) is 1.68. The minimum absolute atomic E-state index is 0.0712. The van der Waals surface area contributed by atoms with Crippen LogP contribution in [-0.2, 0) is 6.54 Å². The smallest absolute Gasteiger partial charge is 0.258 e. The van der Waals surface area contributed by atoms with Crippen molar-refractivity contribution in [3.63, 3.8) is 0 Å². The second kappa shape index (κ2) is 8.08. The van der Waals surface area contributed by atoms with E-state index in [9.17, 15) is 9.59 Å². The number of hydrogen-bond acceptors (Lipinski definition) is 3. The molecule has 1 N–H and O–H groups in total. The number of benzene rings is 2. The molecule has 1 amide bonds. The van der Waals surface area contributed by atoms with E-state index in [1.165, 1.54) is 0 Å². The molecule has 0 atom stereocenters. The number of nitrogens with zero attached hydrogens (tertiary/aromatic N) is 1. The van der Waals surface area contributed by atoms with E-state index in [4.69, 9.17) is 4.74 Å². The molecule has 0 aliphatic carbocycles. The molecule has 0 aliphatic rings. The molecule has 1 aromatic heterocycles. The monoisotopic (exact) mass is 364 g/mol. The van der Waals surface area contributed by atoms with Gasteiger partial charge in [-0.25, -0.2) is 0 Å². The molecule has 140 valence electrons. The van der Waals surface area contributed by atoms with E-state index in [1.807, 2.05) is 63.2 Å². The maximum atomic E-state index is 13.2. The third-order valence-electron chi connectivity index (χ3n) is 4.47.